The molecule has 0 N–H and O–H groups in total. The van der Waals surface area contributed by atoms with Gasteiger partial charge < -0.3 is 14.5 Å². The topological polar surface area (TPSA) is 75.6 Å². The SMILES string of the molecule is CN(C[C@H]1CCCCN1C(=O)OC(C)(C)C)C(=O)c1cnccn1. The molecule has 7 nitrogen and oxygen atoms in total. The Kier molecular flexibility index (Phi) is 5.75. The number of piperidine rings is 1. The van der Waals surface area contributed by atoms with Crippen molar-refractivity contribution in [1.82, 2.24) is 19.8 Å². The van der Waals surface area contributed by atoms with Crippen molar-refractivity contribution in [2.45, 2.75) is 51.7 Å². The lowest BCUT2D eigenvalue weighted by Crippen LogP contribution is -2.51. The quantitative estimate of drug-likeness (QED) is 0.848. The molecule has 1 aromatic heterocycles. The van der Waals surface area contributed by atoms with Gasteiger partial charge in [0.1, 0.15) is 11.3 Å². The molecule has 132 valence electrons. The minimum absolute atomic E-state index is 0.0424. The summed E-state index contributed by atoms with van der Waals surface area (Å²) < 4.78 is 5.50. The summed E-state index contributed by atoms with van der Waals surface area (Å²) in [6, 6.07) is -0.0424. The number of hydrogen-bond donors (Lipinski definition) is 0. The largest absolute Gasteiger partial charge is 0.444 e. The van der Waals surface area contributed by atoms with Gasteiger partial charge >= 0.3 is 6.09 Å². The predicted octanol–water partition coefficient (Wildman–Crippen LogP) is 2.34. The average Bonchev–Trinajstić information content (AvgIpc) is 2.53. The van der Waals surface area contributed by atoms with E-state index in [0.717, 1.165) is 19.3 Å². The number of aromatic nitrogens is 2. The maximum atomic E-state index is 12.4. The van der Waals surface area contributed by atoms with Crippen LogP contribution in [0.1, 0.15) is 50.5 Å². The minimum Gasteiger partial charge on any atom is -0.444 e. The van der Waals surface area contributed by atoms with Gasteiger partial charge in [0.25, 0.3) is 5.91 Å². The summed E-state index contributed by atoms with van der Waals surface area (Å²) in [5, 5.41) is 0. The van der Waals surface area contributed by atoms with Crippen molar-refractivity contribution < 1.29 is 14.3 Å². The predicted molar refractivity (Wildman–Crippen MR) is 89.6 cm³/mol. The second kappa shape index (κ2) is 7.59. The second-order valence-corrected chi connectivity index (χ2v) is 7.10. The Morgan fingerprint density at radius 1 is 1.33 bits per heavy atom. The molecule has 2 amide bonds. The number of likely N-dealkylation sites (N-methyl/N-ethyl adjacent to an activating group) is 1. The third-order valence-electron chi connectivity index (χ3n) is 3.87. The van der Waals surface area contributed by atoms with E-state index in [2.05, 4.69) is 9.97 Å². The van der Waals surface area contributed by atoms with Crippen LogP contribution >= 0.6 is 0 Å². The first kappa shape index (κ1) is 18.2. The Morgan fingerprint density at radius 3 is 2.71 bits per heavy atom. The molecule has 7 heteroatoms. The van der Waals surface area contributed by atoms with Crippen LogP contribution in [0.4, 0.5) is 4.79 Å². The fourth-order valence-corrected chi connectivity index (χ4v) is 2.76. The van der Waals surface area contributed by atoms with Gasteiger partial charge in [-0.2, -0.15) is 0 Å². The number of ether oxygens (including phenoxy) is 1. The maximum absolute atomic E-state index is 12.4. The third-order valence-corrected chi connectivity index (χ3v) is 3.87. The lowest BCUT2D eigenvalue weighted by Gasteiger charge is -2.38. The fourth-order valence-electron chi connectivity index (χ4n) is 2.76. The highest BCUT2D eigenvalue weighted by atomic mass is 16.6. The van der Waals surface area contributed by atoms with E-state index in [9.17, 15) is 9.59 Å². The first-order valence-corrected chi connectivity index (χ1v) is 8.29. The third kappa shape index (κ3) is 4.91. The van der Waals surface area contributed by atoms with Crippen LogP contribution < -0.4 is 0 Å². The Morgan fingerprint density at radius 2 is 2.08 bits per heavy atom. The van der Waals surface area contributed by atoms with Gasteiger partial charge in [-0.25, -0.2) is 9.78 Å². The van der Waals surface area contributed by atoms with Gasteiger partial charge in [-0.15, -0.1) is 0 Å². The number of nitrogens with zero attached hydrogens (tertiary/aromatic N) is 4. The normalized spacial score (nSPS) is 18.2. The van der Waals surface area contributed by atoms with E-state index < -0.39 is 5.60 Å². The van der Waals surface area contributed by atoms with Crippen LogP contribution in [0.15, 0.2) is 18.6 Å². The van der Waals surface area contributed by atoms with Crippen molar-refractivity contribution in [3.63, 3.8) is 0 Å². The van der Waals surface area contributed by atoms with Gasteiger partial charge in [-0.3, -0.25) is 9.78 Å². The number of likely N-dealkylation sites (tertiary alicyclic amines) is 1. The van der Waals surface area contributed by atoms with Crippen LogP contribution in [0.2, 0.25) is 0 Å². The van der Waals surface area contributed by atoms with Crippen LogP contribution in [0.25, 0.3) is 0 Å². The van der Waals surface area contributed by atoms with E-state index in [1.165, 1.54) is 18.6 Å². The Hall–Kier alpha value is -2.18. The Bertz CT molecular complexity index is 571. The van der Waals surface area contributed by atoms with Gasteiger partial charge in [0.2, 0.25) is 0 Å². The fraction of sp³-hybridized carbons (Fsp3) is 0.647. The summed E-state index contributed by atoms with van der Waals surface area (Å²) in [7, 11) is 1.72. The molecular formula is C17H26N4O3. The minimum atomic E-state index is -0.527. The highest BCUT2D eigenvalue weighted by Crippen LogP contribution is 2.21. The van der Waals surface area contributed by atoms with Gasteiger partial charge in [-0.05, 0) is 40.0 Å². The standard InChI is InChI=1S/C17H26N4O3/c1-17(2,3)24-16(23)21-10-6-5-7-13(21)12-20(4)15(22)14-11-18-8-9-19-14/h8-9,11,13H,5-7,10,12H2,1-4H3/t13-/m1/s1. The van der Waals surface area contributed by atoms with Crippen molar-refractivity contribution in [2.24, 2.45) is 0 Å². The molecule has 0 unspecified atom stereocenters. The van der Waals surface area contributed by atoms with Gasteiger partial charge in [0.15, 0.2) is 0 Å². The van der Waals surface area contributed by atoms with Gasteiger partial charge in [-0.1, -0.05) is 0 Å². The van der Waals surface area contributed by atoms with E-state index >= 15 is 0 Å². The van der Waals surface area contributed by atoms with Crippen molar-refractivity contribution in [3.8, 4) is 0 Å². The summed E-state index contributed by atoms with van der Waals surface area (Å²) in [4.78, 5) is 36.1. The summed E-state index contributed by atoms with van der Waals surface area (Å²) in [6.45, 7) is 6.68. The molecule has 1 aromatic rings. The summed E-state index contributed by atoms with van der Waals surface area (Å²) in [5.74, 6) is -0.196. The number of carbonyl (C=O) groups excluding carboxylic acids is 2. The summed E-state index contributed by atoms with van der Waals surface area (Å²) in [5.41, 5.74) is -0.222. The van der Waals surface area contributed by atoms with Crippen molar-refractivity contribution >= 4 is 12.0 Å². The molecule has 0 saturated carbocycles. The molecule has 2 rings (SSSR count). The van der Waals surface area contributed by atoms with Crippen molar-refractivity contribution in [2.75, 3.05) is 20.1 Å². The molecule has 2 heterocycles. The van der Waals surface area contributed by atoms with Crippen LogP contribution in [0.3, 0.4) is 0 Å². The molecule has 0 radical (unpaired) electrons. The maximum Gasteiger partial charge on any atom is 0.410 e. The molecule has 1 atom stereocenters. The molecule has 1 saturated heterocycles. The highest BCUT2D eigenvalue weighted by molar-refractivity contribution is 5.91. The number of amides is 2. The molecule has 0 spiro atoms. The van der Waals surface area contributed by atoms with E-state index in [4.69, 9.17) is 4.74 Å². The zero-order valence-corrected chi connectivity index (χ0v) is 14.9. The monoisotopic (exact) mass is 334 g/mol. The molecular weight excluding hydrogens is 308 g/mol. The number of carbonyl (C=O) groups is 2. The zero-order chi connectivity index (χ0) is 17.7. The van der Waals surface area contributed by atoms with E-state index in [1.54, 1.807) is 16.8 Å². The molecule has 0 aromatic carbocycles. The van der Waals surface area contributed by atoms with Crippen LogP contribution in [0, 0.1) is 0 Å². The Balaban J connectivity index is 2.02. The lowest BCUT2D eigenvalue weighted by molar-refractivity contribution is 0.00601. The molecule has 24 heavy (non-hydrogen) atoms. The van der Waals surface area contributed by atoms with Crippen LogP contribution in [-0.4, -0.2) is 63.5 Å². The van der Waals surface area contributed by atoms with E-state index in [-0.39, 0.29) is 18.0 Å². The molecule has 1 aliphatic heterocycles. The number of rotatable bonds is 3. The lowest BCUT2D eigenvalue weighted by atomic mass is 10.0. The molecule has 0 bridgehead atoms. The van der Waals surface area contributed by atoms with Crippen LogP contribution in [0.5, 0.6) is 0 Å². The van der Waals surface area contributed by atoms with Crippen molar-refractivity contribution in [1.29, 1.82) is 0 Å². The van der Waals surface area contributed by atoms with E-state index in [0.29, 0.717) is 18.8 Å². The molecule has 1 fully saturated rings. The highest BCUT2D eigenvalue weighted by Gasteiger charge is 2.32. The van der Waals surface area contributed by atoms with E-state index in [1.807, 2.05) is 20.8 Å². The second-order valence-electron chi connectivity index (χ2n) is 7.10. The average molecular weight is 334 g/mol. The first-order valence-electron chi connectivity index (χ1n) is 8.29. The molecule has 0 aliphatic carbocycles. The first-order chi connectivity index (χ1) is 11.3. The summed E-state index contributed by atoms with van der Waals surface area (Å²) in [6.07, 6.45) is 7.02. The van der Waals surface area contributed by atoms with Crippen molar-refractivity contribution in [3.05, 3.63) is 24.3 Å². The van der Waals surface area contributed by atoms with Gasteiger partial charge in [0, 0.05) is 32.5 Å². The number of hydrogen-bond acceptors (Lipinski definition) is 5. The smallest absolute Gasteiger partial charge is 0.410 e. The Labute approximate surface area is 143 Å². The van der Waals surface area contributed by atoms with Crippen LogP contribution in [-0.2, 0) is 4.74 Å². The summed E-state index contributed by atoms with van der Waals surface area (Å²) >= 11 is 0. The zero-order valence-electron chi connectivity index (χ0n) is 14.9. The van der Waals surface area contributed by atoms with Gasteiger partial charge in [0.05, 0.1) is 12.2 Å². The molecule has 1 aliphatic rings.